The van der Waals surface area contributed by atoms with Crippen LogP contribution in [0.4, 0.5) is 0 Å². The van der Waals surface area contributed by atoms with Crippen LogP contribution in [-0.4, -0.2) is 52.5 Å². The van der Waals surface area contributed by atoms with E-state index in [1.807, 2.05) is 24.3 Å². The summed E-state index contributed by atoms with van der Waals surface area (Å²) >= 11 is 0. The van der Waals surface area contributed by atoms with Gasteiger partial charge in [-0.1, -0.05) is 32.0 Å². The molecule has 0 aliphatic rings. The summed E-state index contributed by atoms with van der Waals surface area (Å²) in [6.45, 7) is 8.20. The highest BCUT2D eigenvalue weighted by Crippen LogP contribution is 2.18. The smallest absolute Gasteiger partial charge is 0.251 e. The van der Waals surface area contributed by atoms with E-state index in [2.05, 4.69) is 39.5 Å². The third-order valence-corrected chi connectivity index (χ3v) is 4.55. The highest BCUT2D eigenvalue weighted by atomic mass is 16.5. The number of nitrogens with one attached hydrogen (secondary N) is 2. The van der Waals surface area contributed by atoms with Crippen LogP contribution in [0.5, 0.6) is 5.75 Å². The van der Waals surface area contributed by atoms with E-state index in [9.17, 15) is 4.79 Å². The number of carbonyl (C=O) groups is 1. The molecule has 0 spiro atoms. The van der Waals surface area contributed by atoms with Crippen molar-refractivity contribution >= 4 is 16.9 Å². The van der Waals surface area contributed by atoms with Crippen molar-refractivity contribution in [1.29, 1.82) is 0 Å². The van der Waals surface area contributed by atoms with Crippen molar-refractivity contribution in [3.8, 4) is 5.75 Å². The van der Waals surface area contributed by atoms with Crippen LogP contribution in [0.25, 0.3) is 11.0 Å². The first-order chi connectivity index (χ1) is 13.2. The molecule has 0 saturated heterocycles. The first kappa shape index (κ1) is 18.8. The predicted octanol–water partition coefficient (Wildman–Crippen LogP) is 2.61. The van der Waals surface area contributed by atoms with Crippen molar-refractivity contribution in [3.05, 3.63) is 53.6 Å². The van der Waals surface area contributed by atoms with E-state index in [1.165, 1.54) is 0 Å². The Bertz CT molecular complexity index is 889. The van der Waals surface area contributed by atoms with E-state index in [-0.39, 0.29) is 5.91 Å². The third-order valence-electron chi connectivity index (χ3n) is 4.55. The normalized spacial score (nSPS) is 11.1. The van der Waals surface area contributed by atoms with Gasteiger partial charge in [0.15, 0.2) is 0 Å². The van der Waals surface area contributed by atoms with Crippen LogP contribution in [0.2, 0.25) is 0 Å². The Morgan fingerprint density at radius 2 is 1.89 bits per heavy atom. The molecule has 0 radical (unpaired) electrons. The summed E-state index contributed by atoms with van der Waals surface area (Å²) in [6, 6.07) is 13.0. The van der Waals surface area contributed by atoms with Gasteiger partial charge < -0.3 is 15.0 Å². The number of likely N-dealkylation sites (N-methyl/N-ethyl adjacent to an activating group) is 1. The third kappa shape index (κ3) is 4.83. The molecule has 0 saturated carbocycles. The Balaban J connectivity index is 1.59. The monoisotopic (exact) mass is 367 g/mol. The second-order valence-corrected chi connectivity index (χ2v) is 6.19. The number of ether oxygens (including phenoxy) is 1. The van der Waals surface area contributed by atoms with Crippen LogP contribution in [0, 0.1) is 0 Å². The van der Waals surface area contributed by atoms with Gasteiger partial charge in [0.25, 0.3) is 5.91 Å². The van der Waals surface area contributed by atoms with Crippen molar-refractivity contribution in [2.45, 2.75) is 20.4 Å². The number of hydrogen-bond donors (Lipinski definition) is 2. The first-order valence-electron chi connectivity index (χ1n) is 9.23. The summed E-state index contributed by atoms with van der Waals surface area (Å²) < 4.78 is 5.94. The van der Waals surface area contributed by atoms with Crippen LogP contribution in [0.3, 0.4) is 0 Å². The number of para-hydroxylation sites is 1. The SMILES string of the molecule is CCN(CC)CCOc1ccccc1CNC(=O)c1ccc2n[nH]nc2c1. The fourth-order valence-corrected chi connectivity index (χ4v) is 2.87. The van der Waals surface area contributed by atoms with Gasteiger partial charge in [-0.05, 0) is 37.4 Å². The molecule has 1 aromatic heterocycles. The lowest BCUT2D eigenvalue weighted by molar-refractivity contribution is 0.0950. The Labute approximate surface area is 158 Å². The molecule has 3 rings (SSSR count). The molecule has 3 aromatic rings. The fraction of sp³-hybridized carbons (Fsp3) is 0.350. The van der Waals surface area contributed by atoms with Gasteiger partial charge in [-0.25, -0.2) is 0 Å². The molecule has 0 fully saturated rings. The minimum Gasteiger partial charge on any atom is -0.492 e. The maximum absolute atomic E-state index is 12.5. The molecule has 2 aromatic carbocycles. The maximum Gasteiger partial charge on any atom is 0.251 e. The Morgan fingerprint density at radius 1 is 1.11 bits per heavy atom. The van der Waals surface area contributed by atoms with Gasteiger partial charge in [-0.15, -0.1) is 0 Å². The Morgan fingerprint density at radius 3 is 2.70 bits per heavy atom. The fourth-order valence-electron chi connectivity index (χ4n) is 2.87. The van der Waals surface area contributed by atoms with E-state index >= 15 is 0 Å². The number of amides is 1. The lowest BCUT2D eigenvalue weighted by Gasteiger charge is -2.19. The second kappa shape index (κ2) is 9.14. The highest BCUT2D eigenvalue weighted by Gasteiger charge is 2.10. The zero-order valence-electron chi connectivity index (χ0n) is 15.7. The molecular weight excluding hydrogens is 342 g/mol. The van der Waals surface area contributed by atoms with Crippen LogP contribution >= 0.6 is 0 Å². The average molecular weight is 367 g/mol. The average Bonchev–Trinajstić information content (AvgIpc) is 3.18. The molecule has 0 atom stereocenters. The number of aromatic amines is 1. The molecule has 7 nitrogen and oxygen atoms in total. The summed E-state index contributed by atoms with van der Waals surface area (Å²) in [4.78, 5) is 14.8. The number of rotatable bonds is 9. The lowest BCUT2D eigenvalue weighted by atomic mass is 10.1. The molecule has 7 heteroatoms. The molecule has 1 amide bonds. The largest absolute Gasteiger partial charge is 0.492 e. The first-order valence-corrected chi connectivity index (χ1v) is 9.23. The molecule has 0 aliphatic heterocycles. The van der Waals surface area contributed by atoms with Crippen molar-refractivity contribution < 1.29 is 9.53 Å². The van der Waals surface area contributed by atoms with Crippen LogP contribution < -0.4 is 10.1 Å². The quantitative estimate of drug-likeness (QED) is 0.607. The van der Waals surface area contributed by atoms with E-state index in [0.29, 0.717) is 24.2 Å². The van der Waals surface area contributed by atoms with E-state index in [4.69, 9.17) is 4.74 Å². The Kier molecular flexibility index (Phi) is 6.38. The number of carbonyl (C=O) groups excluding carboxylic acids is 1. The van der Waals surface area contributed by atoms with Gasteiger partial charge in [0.05, 0.1) is 0 Å². The summed E-state index contributed by atoms with van der Waals surface area (Å²) in [5.41, 5.74) is 2.91. The molecule has 2 N–H and O–H groups in total. The minimum atomic E-state index is -0.155. The van der Waals surface area contributed by atoms with Gasteiger partial charge in [0, 0.05) is 24.2 Å². The topological polar surface area (TPSA) is 83.1 Å². The standard InChI is InChI=1S/C20H25N5O2/c1-3-25(4-2)11-12-27-19-8-6-5-7-16(19)14-21-20(26)15-9-10-17-18(13-15)23-24-22-17/h5-10,13H,3-4,11-12,14H2,1-2H3,(H,21,26)(H,22,23,24). The zero-order chi connectivity index (χ0) is 19.1. The van der Waals surface area contributed by atoms with E-state index in [1.54, 1.807) is 18.2 Å². The molecular formula is C20H25N5O2. The summed E-state index contributed by atoms with van der Waals surface area (Å²) in [5.74, 6) is 0.648. The van der Waals surface area contributed by atoms with Crippen LogP contribution in [-0.2, 0) is 6.54 Å². The summed E-state index contributed by atoms with van der Waals surface area (Å²) in [7, 11) is 0. The second-order valence-electron chi connectivity index (χ2n) is 6.19. The van der Waals surface area contributed by atoms with E-state index in [0.717, 1.165) is 36.5 Å². The van der Waals surface area contributed by atoms with Gasteiger partial charge in [-0.3, -0.25) is 4.79 Å². The van der Waals surface area contributed by atoms with Gasteiger partial charge in [0.1, 0.15) is 23.4 Å². The number of H-pyrrole nitrogens is 1. The van der Waals surface area contributed by atoms with Crippen molar-refractivity contribution in [1.82, 2.24) is 25.6 Å². The number of benzene rings is 2. The number of nitrogens with zero attached hydrogens (tertiary/aromatic N) is 3. The van der Waals surface area contributed by atoms with E-state index < -0.39 is 0 Å². The van der Waals surface area contributed by atoms with Crippen molar-refractivity contribution in [2.75, 3.05) is 26.2 Å². The van der Waals surface area contributed by atoms with Gasteiger partial charge >= 0.3 is 0 Å². The highest BCUT2D eigenvalue weighted by molar-refractivity contribution is 5.97. The maximum atomic E-state index is 12.5. The van der Waals surface area contributed by atoms with Crippen LogP contribution in [0.15, 0.2) is 42.5 Å². The molecule has 0 bridgehead atoms. The molecule has 0 unspecified atom stereocenters. The number of aromatic nitrogens is 3. The summed E-state index contributed by atoms with van der Waals surface area (Å²) in [5, 5.41) is 13.5. The molecule has 1 heterocycles. The molecule has 0 aliphatic carbocycles. The number of hydrogen-bond acceptors (Lipinski definition) is 5. The minimum absolute atomic E-state index is 0.155. The Hall–Kier alpha value is -2.93. The summed E-state index contributed by atoms with van der Waals surface area (Å²) in [6.07, 6.45) is 0. The van der Waals surface area contributed by atoms with Crippen LogP contribution in [0.1, 0.15) is 29.8 Å². The molecule has 27 heavy (non-hydrogen) atoms. The van der Waals surface area contributed by atoms with Gasteiger partial charge in [0.2, 0.25) is 0 Å². The zero-order valence-corrected chi connectivity index (χ0v) is 15.7. The van der Waals surface area contributed by atoms with Gasteiger partial charge in [-0.2, -0.15) is 15.4 Å². The lowest BCUT2D eigenvalue weighted by Crippen LogP contribution is -2.28. The molecule has 142 valence electrons. The number of fused-ring (bicyclic) bond motifs is 1. The van der Waals surface area contributed by atoms with Crippen molar-refractivity contribution in [3.63, 3.8) is 0 Å². The predicted molar refractivity (Wildman–Crippen MR) is 105 cm³/mol. The van der Waals surface area contributed by atoms with Crippen molar-refractivity contribution in [2.24, 2.45) is 0 Å².